The lowest BCUT2D eigenvalue weighted by atomic mass is 10.2. The van der Waals surface area contributed by atoms with Crippen molar-refractivity contribution < 1.29 is 19.0 Å². The number of benzene rings is 1. The summed E-state index contributed by atoms with van der Waals surface area (Å²) in [6, 6.07) is 5.62. The third-order valence-electron chi connectivity index (χ3n) is 2.67. The normalized spacial score (nSPS) is 12.5. The van der Waals surface area contributed by atoms with Crippen LogP contribution in [0.5, 0.6) is 5.75 Å². The van der Waals surface area contributed by atoms with Crippen molar-refractivity contribution in [2.45, 2.75) is 39.3 Å². The maximum absolute atomic E-state index is 11.8. The molecule has 1 atom stereocenters. The highest BCUT2D eigenvalue weighted by Gasteiger charge is 2.17. The van der Waals surface area contributed by atoms with Crippen molar-refractivity contribution in [3.8, 4) is 5.75 Å². The van der Waals surface area contributed by atoms with Crippen LogP contribution in [0, 0.1) is 0 Å². The van der Waals surface area contributed by atoms with E-state index in [2.05, 4.69) is 10.6 Å². The average Bonchev–Trinajstić information content (AvgIpc) is 2.38. The first-order chi connectivity index (χ1) is 10.2. The van der Waals surface area contributed by atoms with Crippen LogP contribution in [0.15, 0.2) is 18.2 Å². The topological polar surface area (TPSA) is 68.8 Å². The number of carbonyl (C=O) groups is 1. The zero-order valence-electron chi connectivity index (χ0n) is 14.1. The molecule has 124 valence electrons. The van der Waals surface area contributed by atoms with Gasteiger partial charge in [0.25, 0.3) is 0 Å². The van der Waals surface area contributed by atoms with Crippen LogP contribution in [0.1, 0.15) is 27.7 Å². The minimum atomic E-state index is -0.547. The smallest absolute Gasteiger partial charge is 0.412 e. The molecule has 0 saturated heterocycles. The molecule has 0 heterocycles. The maximum Gasteiger partial charge on any atom is 0.412 e. The van der Waals surface area contributed by atoms with E-state index in [0.29, 0.717) is 18.0 Å². The molecule has 0 aromatic heterocycles. The van der Waals surface area contributed by atoms with Gasteiger partial charge in [-0.3, -0.25) is 5.32 Å². The molecule has 0 saturated carbocycles. The predicted molar refractivity (Wildman–Crippen MR) is 87.8 cm³/mol. The summed E-state index contributed by atoms with van der Waals surface area (Å²) in [5, 5.41) is 5.97. The SMILES string of the molecule is COCC(C)Nc1ccc(NC(=O)OC(C)(C)C)c(OC)c1. The van der Waals surface area contributed by atoms with E-state index in [1.165, 1.54) is 0 Å². The van der Waals surface area contributed by atoms with E-state index >= 15 is 0 Å². The van der Waals surface area contributed by atoms with Crippen molar-refractivity contribution in [3.05, 3.63) is 18.2 Å². The van der Waals surface area contributed by atoms with E-state index in [4.69, 9.17) is 14.2 Å². The van der Waals surface area contributed by atoms with E-state index in [1.807, 2.05) is 39.8 Å². The monoisotopic (exact) mass is 310 g/mol. The summed E-state index contributed by atoms with van der Waals surface area (Å²) in [4.78, 5) is 11.8. The van der Waals surface area contributed by atoms with Gasteiger partial charge in [0.1, 0.15) is 11.4 Å². The van der Waals surface area contributed by atoms with Crippen LogP contribution in [0.3, 0.4) is 0 Å². The first-order valence-electron chi connectivity index (χ1n) is 7.18. The van der Waals surface area contributed by atoms with E-state index in [1.54, 1.807) is 20.3 Å². The van der Waals surface area contributed by atoms with E-state index in [0.717, 1.165) is 5.69 Å². The molecular formula is C16H26N2O4. The Kier molecular flexibility index (Phi) is 6.49. The number of ether oxygens (including phenoxy) is 3. The van der Waals surface area contributed by atoms with Crippen molar-refractivity contribution in [2.75, 3.05) is 31.5 Å². The van der Waals surface area contributed by atoms with E-state index in [-0.39, 0.29) is 6.04 Å². The Morgan fingerprint density at radius 2 is 1.95 bits per heavy atom. The summed E-state index contributed by atoms with van der Waals surface area (Å²) in [5.41, 5.74) is 0.895. The van der Waals surface area contributed by atoms with Crippen LogP contribution in [0.4, 0.5) is 16.2 Å². The van der Waals surface area contributed by atoms with Gasteiger partial charge >= 0.3 is 6.09 Å². The van der Waals surface area contributed by atoms with Crippen LogP contribution in [0.2, 0.25) is 0 Å². The van der Waals surface area contributed by atoms with E-state index in [9.17, 15) is 4.79 Å². The third kappa shape index (κ3) is 6.22. The fourth-order valence-electron chi connectivity index (χ4n) is 1.87. The number of hydrogen-bond donors (Lipinski definition) is 2. The molecule has 1 aromatic carbocycles. The highest BCUT2D eigenvalue weighted by Crippen LogP contribution is 2.28. The first-order valence-corrected chi connectivity index (χ1v) is 7.18. The van der Waals surface area contributed by atoms with Crippen LogP contribution in [-0.2, 0) is 9.47 Å². The highest BCUT2D eigenvalue weighted by molar-refractivity contribution is 5.87. The number of carbonyl (C=O) groups excluding carboxylic acids is 1. The molecule has 1 amide bonds. The van der Waals surface area contributed by atoms with Gasteiger partial charge in [0.05, 0.1) is 19.4 Å². The van der Waals surface area contributed by atoms with Gasteiger partial charge in [0, 0.05) is 24.9 Å². The van der Waals surface area contributed by atoms with Gasteiger partial charge in [-0.05, 0) is 39.8 Å². The standard InChI is InChI=1S/C16H26N2O4/c1-11(10-20-5)17-12-7-8-13(14(9-12)21-6)18-15(19)22-16(2,3)4/h7-9,11,17H,10H2,1-6H3,(H,18,19). The maximum atomic E-state index is 11.8. The number of amides is 1. The number of hydrogen-bond acceptors (Lipinski definition) is 5. The van der Waals surface area contributed by atoms with Crippen LogP contribution >= 0.6 is 0 Å². The molecule has 6 heteroatoms. The highest BCUT2D eigenvalue weighted by atomic mass is 16.6. The second-order valence-electron chi connectivity index (χ2n) is 6.04. The molecule has 2 N–H and O–H groups in total. The lowest BCUT2D eigenvalue weighted by Crippen LogP contribution is -2.27. The summed E-state index contributed by atoms with van der Waals surface area (Å²) in [5.74, 6) is 0.556. The number of anilines is 2. The Morgan fingerprint density at radius 3 is 2.50 bits per heavy atom. The largest absolute Gasteiger partial charge is 0.494 e. The van der Waals surface area contributed by atoms with Crippen LogP contribution < -0.4 is 15.4 Å². The summed E-state index contributed by atoms with van der Waals surface area (Å²) in [7, 11) is 3.21. The predicted octanol–water partition coefficient (Wildman–Crippen LogP) is 3.49. The van der Waals surface area contributed by atoms with Gasteiger partial charge in [0.2, 0.25) is 0 Å². The van der Waals surface area contributed by atoms with Gasteiger partial charge in [-0.15, -0.1) is 0 Å². The molecule has 1 aromatic rings. The molecular weight excluding hydrogens is 284 g/mol. The molecule has 6 nitrogen and oxygen atoms in total. The van der Waals surface area contributed by atoms with E-state index < -0.39 is 11.7 Å². The van der Waals surface area contributed by atoms with Gasteiger partial charge in [-0.25, -0.2) is 4.79 Å². The summed E-state index contributed by atoms with van der Waals surface area (Å²) < 4.78 is 15.6. The first kappa shape index (κ1) is 18.1. The molecule has 0 radical (unpaired) electrons. The van der Waals surface area contributed by atoms with Crippen molar-refractivity contribution >= 4 is 17.5 Å². The lowest BCUT2D eigenvalue weighted by Gasteiger charge is -2.21. The molecule has 0 fully saturated rings. The molecule has 1 unspecified atom stereocenters. The van der Waals surface area contributed by atoms with Gasteiger partial charge < -0.3 is 19.5 Å². The number of nitrogens with one attached hydrogen (secondary N) is 2. The van der Waals surface area contributed by atoms with Crippen molar-refractivity contribution in [1.29, 1.82) is 0 Å². The van der Waals surface area contributed by atoms with Gasteiger partial charge in [-0.2, -0.15) is 0 Å². The number of rotatable bonds is 6. The van der Waals surface area contributed by atoms with Crippen LogP contribution in [-0.4, -0.2) is 38.6 Å². The zero-order valence-corrected chi connectivity index (χ0v) is 14.1. The minimum absolute atomic E-state index is 0.166. The third-order valence-corrected chi connectivity index (χ3v) is 2.67. The Morgan fingerprint density at radius 1 is 1.27 bits per heavy atom. The zero-order chi connectivity index (χ0) is 16.8. The van der Waals surface area contributed by atoms with Crippen LogP contribution in [0.25, 0.3) is 0 Å². The lowest BCUT2D eigenvalue weighted by molar-refractivity contribution is 0.0635. The molecule has 1 rings (SSSR count). The second-order valence-corrected chi connectivity index (χ2v) is 6.04. The fourth-order valence-corrected chi connectivity index (χ4v) is 1.87. The molecule has 0 bridgehead atoms. The average molecular weight is 310 g/mol. The molecule has 0 aliphatic heterocycles. The molecule has 0 spiro atoms. The fraction of sp³-hybridized carbons (Fsp3) is 0.562. The summed E-state index contributed by atoms with van der Waals surface area (Å²) >= 11 is 0. The van der Waals surface area contributed by atoms with Crippen molar-refractivity contribution in [3.63, 3.8) is 0 Å². The summed E-state index contributed by atoms with van der Waals surface area (Å²) in [6.45, 7) is 8.05. The van der Waals surface area contributed by atoms with Gasteiger partial charge in [-0.1, -0.05) is 0 Å². The Balaban J connectivity index is 2.78. The minimum Gasteiger partial charge on any atom is -0.494 e. The Bertz CT molecular complexity index is 497. The summed E-state index contributed by atoms with van der Waals surface area (Å²) in [6.07, 6.45) is -0.515. The Labute approximate surface area is 132 Å². The molecule has 0 aliphatic rings. The molecule has 0 aliphatic carbocycles. The molecule has 22 heavy (non-hydrogen) atoms. The Hall–Kier alpha value is -1.95. The van der Waals surface area contributed by atoms with Gasteiger partial charge in [0.15, 0.2) is 0 Å². The number of methoxy groups -OCH3 is 2. The van der Waals surface area contributed by atoms with Crippen molar-refractivity contribution in [1.82, 2.24) is 0 Å². The second kappa shape index (κ2) is 7.89. The quantitative estimate of drug-likeness (QED) is 0.842. The van der Waals surface area contributed by atoms with Crippen molar-refractivity contribution in [2.24, 2.45) is 0 Å².